The van der Waals surface area contributed by atoms with Crippen molar-refractivity contribution in [3.8, 4) is 40.5 Å². The van der Waals surface area contributed by atoms with E-state index in [0.29, 0.717) is 44.7 Å². The van der Waals surface area contributed by atoms with Crippen LogP contribution in [0.4, 0.5) is 5.69 Å². The highest BCUT2D eigenvalue weighted by molar-refractivity contribution is 6.11. The van der Waals surface area contributed by atoms with Gasteiger partial charge < -0.3 is 0 Å². The molecule has 2 aliphatic carbocycles. The lowest BCUT2D eigenvalue weighted by atomic mass is 9.94. The van der Waals surface area contributed by atoms with Crippen LogP contribution >= 0.6 is 0 Å². The van der Waals surface area contributed by atoms with E-state index in [1.54, 1.807) is 30.3 Å². The van der Waals surface area contributed by atoms with Gasteiger partial charge in [0.05, 0.1) is 43.5 Å². The summed E-state index contributed by atoms with van der Waals surface area (Å²) in [5.41, 5.74) is 7.21. The lowest BCUT2D eigenvalue weighted by Gasteiger charge is -2.09. The lowest BCUT2D eigenvalue weighted by molar-refractivity contribution is 1.47. The zero-order valence-corrected chi connectivity index (χ0v) is 17.3. The van der Waals surface area contributed by atoms with Gasteiger partial charge in [0.15, 0.2) is 5.69 Å². The minimum atomic E-state index is -0.0999. The predicted octanol–water partition coefficient (Wildman–Crippen LogP) is 6.47. The topological polar surface area (TPSA) is 84.4 Å². The molecule has 0 atom stereocenters. The van der Waals surface area contributed by atoms with Crippen LogP contribution in [0.3, 0.4) is 0 Å². The van der Waals surface area contributed by atoms with Gasteiger partial charge in [0.2, 0.25) is 0 Å². The molecule has 0 heterocycles. The molecule has 34 heavy (non-hydrogen) atoms. The molecule has 0 radical (unpaired) electrons. The Morgan fingerprint density at radius 2 is 1.09 bits per heavy atom. The number of nitrogens with zero attached hydrogens (tertiary/aromatic N) is 6. The summed E-state index contributed by atoms with van der Waals surface area (Å²) in [6.07, 6.45) is 0. The monoisotopic (exact) mass is 428 g/mol. The van der Waals surface area contributed by atoms with Crippen LogP contribution in [-0.2, 0) is 0 Å². The fourth-order valence-electron chi connectivity index (χ4n) is 4.63. The first-order chi connectivity index (χ1) is 16.6. The third-order valence-corrected chi connectivity index (χ3v) is 6.01. The quantitative estimate of drug-likeness (QED) is 0.209. The molecule has 0 bridgehead atoms. The van der Waals surface area contributed by atoms with E-state index in [0.717, 1.165) is 22.3 Å². The van der Waals surface area contributed by atoms with Crippen molar-refractivity contribution >= 4 is 16.8 Å². The molecular formula is C28H8N6. The lowest BCUT2D eigenvalue weighted by Crippen LogP contribution is -1.90. The number of fused-ring (bicyclic) bond motifs is 6. The average molecular weight is 428 g/mol. The first-order valence-electron chi connectivity index (χ1n) is 9.89. The summed E-state index contributed by atoms with van der Waals surface area (Å²) >= 11 is 0. The molecule has 0 saturated heterocycles. The smallest absolute Gasteiger partial charge is 0.238 e. The molecule has 0 fully saturated rings. The maximum absolute atomic E-state index is 9.67. The van der Waals surface area contributed by atoms with E-state index in [-0.39, 0.29) is 11.4 Å². The molecule has 0 saturated carbocycles. The van der Waals surface area contributed by atoms with Gasteiger partial charge in [0.1, 0.15) is 0 Å². The molecule has 3 aromatic carbocycles. The van der Waals surface area contributed by atoms with Crippen LogP contribution < -0.4 is 0 Å². The van der Waals surface area contributed by atoms with Crippen LogP contribution in [0.5, 0.6) is 0 Å². The summed E-state index contributed by atoms with van der Waals surface area (Å²) in [6.45, 7) is 22.4. The van der Waals surface area contributed by atoms with Gasteiger partial charge in [-0.2, -0.15) is 5.26 Å². The third-order valence-electron chi connectivity index (χ3n) is 6.01. The molecule has 6 heteroatoms. The van der Waals surface area contributed by atoms with Gasteiger partial charge in [-0.15, -0.1) is 0 Å². The first kappa shape index (κ1) is 20.0. The standard InChI is InChI=1S/C28H8N6/c1-32-16-5-7-18-20-10-19-17-6-4-15(12-29)8-21(17)27(25(13-30)33-2)23(19)11-24(20)28(22(18)9-16)26(14-31)34-3/h4-11H/b27-25-,28-26+. The second-order valence-electron chi connectivity index (χ2n) is 7.55. The van der Waals surface area contributed by atoms with Crippen molar-refractivity contribution < 1.29 is 0 Å². The minimum Gasteiger partial charge on any atom is -0.238 e. The molecule has 0 amide bonds. The van der Waals surface area contributed by atoms with Crippen molar-refractivity contribution in [2.75, 3.05) is 0 Å². The van der Waals surface area contributed by atoms with Crippen molar-refractivity contribution in [1.29, 1.82) is 15.8 Å². The van der Waals surface area contributed by atoms with Gasteiger partial charge in [-0.05, 0) is 74.8 Å². The van der Waals surface area contributed by atoms with Crippen molar-refractivity contribution in [2.24, 2.45) is 0 Å². The van der Waals surface area contributed by atoms with Crippen LogP contribution in [0.25, 0.3) is 47.9 Å². The molecular weight excluding hydrogens is 420 g/mol. The minimum absolute atomic E-state index is 0.0967. The summed E-state index contributed by atoms with van der Waals surface area (Å²) in [6, 6.07) is 20.1. The Morgan fingerprint density at radius 3 is 1.59 bits per heavy atom. The number of rotatable bonds is 0. The molecule has 6 nitrogen and oxygen atoms in total. The Kier molecular flexibility index (Phi) is 4.32. The number of allylic oxidation sites excluding steroid dienone is 2. The average Bonchev–Trinajstić information content (AvgIpc) is 3.36. The highest BCUT2D eigenvalue weighted by Gasteiger charge is 2.33. The SMILES string of the molecule is [C-]#[N+]/C(C#N)=C1/c2cc(C#N)ccc2-c2cc3c(cc21)/C(=C(\C#N)[N+]#[C-])c1cc([N+]#[C-])ccc1-3. The second-order valence-corrected chi connectivity index (χ2v) is 7.55. The third kappa shape index (κ3) is 2.56. The highest BCUT2D eigenvalue weighted by atomic mass is 14.7. The van der Waals surface area contributed by atoms with Crippen molar-refractivity contribution in [3.63, 3.8) is 0 Å². The van der Waals surface area contributed by atoms with Crippen LogP contribution in [0, 0.1) is 53.7 Å². The zero-order valence-electron chi connectivity index (χ0n) is 17.3. The van der Waals surface area contributed by atoms with E-state index in [1.807, 2.05) is 30.3 Å². The van der Waals surface area contributed by atoms with E-state index < -0.39 is 0 Å². The predicted molar refractivity (Wildman–Crippen MR) is 125 cm³/mol. The van der Waals surface area contributed by atoms with Crippen LogP contribution in [0.2, 0.25) is 0 Å². The number of benzene rings is 3. The van der Waals surface area contributed by atoms with Gasteiger partial charge in [-0.25, -0.2) is 25.1 Å². The Labute approximate surface area is 195 Å². The van der Waals surface area contributed by atoms with Gasteiger partial charge in [-0.1, -0.05) is 18.2 Å². The molecule has 0 spiro atoms. The molecule has 5 rings (SSSR count). The van der Waals surface area contributed by atoms with E-state index in [2.05, 4.69) is 20.6 Å². The largest absolute Gasteiger partial charge is 0.270 e. The molecule has 150 valence electrons. The number of hydrogen-bond donors (Lipinski definition) is 0. The Hall–Kier alpha value is -5.92. The normalized spacial score (nSPS) is 14.4. The van der Waals surface area contributed by atoms with Gasteiger partial charge in [0.25, 0.3) is 11.4 Å². The maximum Gasteiger partial charge on any atom is 0.270 e. The zero-order chi connectivity index (χ0) is 24.0. The highest BCUT2D eigenvalue weighted by Crippen LogP contribution is 2.54. The first-order valence-corrected chi connectivity index (χ1v) is 9.89. The summed E-state index contributed by atoms with van der Waals surface area (Å²) < 4.78 is 0. The fraction of sp³-hybridized carbons (Fsp3) is 0. The summed E-state index contributed by atoms with van der Waals surface area (Å²) in [4.78, 5) is 10.3. The van der Waals surface area contributed by atoms with Crippen LogP contribution in [-0.4, -0.2) is 0 Å². The van der Waals surface area contributed by atoms with Crippen molar-refractivity contribution in [1.82, 2.24) is 0 Å². The van der Waals surface area contributed by atoms with E-state index in [9.17, 15) is 15.8 Å². The maximum atomic E-state index is 9.67. The van der Waals surface area contributed by atoms with Crippen LogP contribution in [0.1, 0.15) is 27.8 Å². The van der Waals surface area contributed by atoms with E-state index >= 15 is 0 Å². The van der Waals surface area contributed by atoms with E-state index in [1.165, 1.54) is 0 Å². The van der Waals surface area contributed by atoms with Crippen LogP contribution in [0.15, 0.2) is 59.9 Å². The molecule has 0 aliphatic heterocycles. The Morgan fingerprint density at radius 1 is 0.588 bits per heavy atom. The number of nitriles is 3. The van der Waals surface area contributed by atoms with E-state index in [4.69, 9.17) is 19.7 Å². The van der Waals surface area contributed by atoms with Gasteiger partial charge in [0, 0.05) is 11.1 Å². The fourth-order valence-corrected chi connectivity index (χ4v) is 4.63. The summed E-state index contributed by atoms with van der Waals surface area (Å²) in [5, 5.41) is 28.7. The van der Waals surface area contributed by atoms with Gasteiger partial charge >= 0.3 is 0 Å². The molecule has 0 aromatic heterocycles. The number of hydrogen-bond acceptors (Lipinski definition) is 3. The second kappa shape index (κ2) is 7.34. The van der Waals surface area contributed by atoms with Crippen molar-refractivity contribution in [3.05, 3.63) is 122 Å². The molecule has 3 aromatic rings. The Bertz CT molecular complexity index is 1650. The molecule has 0 N–H and O–H groups in total. The summed E-state index contributed by atoms with van der Waals surface area (Å²) in [7, 11) is 0. The molecule has 2 aliphatic rings. The Balaban J connectivity index is 1.94. The molecule has 0 unspecified atom stereocenters. The van der Waals surface area contributed by atoms with Gasteiger partial charge in [-0.3, -0.25) is 0 Å². The summed E-state index contributed by atoms with van der Waals surface area (Å²) in [5.74, 6) is 0. The van der Waals surface area contributed by atoms with Crippen molar-refractivity contribution in [2.45, 2.75) is 0 Å².